The van der Waals surface area contributed by atoms with Gasteiger partial charge in [-0.15, -0.1) is 0 Å². The second-order valence-corrected chi connectivity index (χ2v) is 8.39. The third-order valence-electron chi connectivity index (χ3n) is 4.65. The van der Waals surface area contributed by atoms with E-state index < -0.39 is 0 Å². The summed E-state index contributed by atoms with van der Waals surface area (Å²) in [6.07, 6.45) is 0.964. The van der Waals surface area contributed by atoms with Gasteiger partial charge in [0, 0.05) is 5.52 Å². The molecule has 0 N–H and O–H groups in total. The summed E-state index contributed by atoms with van der Waals surface area (Å²) in [4.78, 5) is 13.2. The maximum atomic E-state index is 13.2. The van der Waals surface area contributed by atoms with E-state index in [2.05, 4.69) is 13.8 Å². The van der Waals surface area contributed by atoms with E-state index in [1.165, 1.54) is 0 Å². The smallest absolute Gasteiger partial charge is 0.489 e. The van der Waals surface area contributed by atoms with Gasteiger partial charge < -0.3 is 22.8 Å². The standard InChI is InChI=1S/C25H26O3P.Li/c1-3-19(2)29-25(26)24-20(17-27-22-13-6-4-7-14-22)11-10-12-21(24)18-28-23-15-8-5-9-16-23;/h4-16,19H,3,17-18H2,1-2H3;/q-1;+1. The third-order valence-corrected chi connectivity index (χ3v) is 5.92. The van der Waals surface area contributed by atoms with E-state index in [0.717, 1.165) is 43.2 Å². The van der Waals surface area contributed by atoms with Crippen molar-refractivity contribution in [1.29, 1.82) is 0 Å². The summed E-state index contributed by atoms with van der Waals surface area (Å²) in [5, 5.41) is 0. The molecule has 0 fully saturated rings. The molecule has 0 aromatic heterocycles. The maximum Gasteiger partial charge on any atom is 1.00 e. The van der Waals surface area contributed by atoms with Crippen LogP contribution < -0.4 is 28.3 Å². The Hall–Kier alpha value is -2.04. The van der Waals surface area contributed by atoms with Crippen LogP contribution in [-0.2, 0) is 13.2 Å². The summed E-state index contributed by atoms with van der Waals surface area (Å²) in [5.41, 5.74) is 2.95. The first-order valence-corrected chi connectivity index (χ1v) is 10.9. The van der Waals surface area contributed by atoms with E-state index >= 15 is 0 Å². The molecule has 0 aliphatic carbocycles. The van der Waals surface area contributed by atoms with Gasteiger partial charge in [0.15, 0.2) is 0 Å². The Balaban J connectivity index is 0.00000320. The molecule has 0 aliphatic heterocycles. The average Bonchev–Trinajstić information content (AvgIpc) is 2.77. The van der Waals surface area contributed by atoms with Crippen LogP contribution in [0.5, 0.6) is 11.5 Å². The molecule has 0 bridgehead atoms. The molecule has 0 heterocycles. The van der Waals surface area contributed by atoms with Gasteiger partial charge in [-0.3, -0.25) is 0 Å². The molecule has 0 saturated carbocycles. The van der Waals surface area contributed by atoms with Gasteiger partial charge in [0.2, 0.25) is 0 Å². The van der Waals surface area contributed by atoms with Crippen LogP contribution in [0.3, 0.4) is 0 Å². The number of carbonyl (C=O) groups is 1. The second kappa shape index (κ2) is 12.6. The molecule has 1 unspecified atom stereocenters. The molecule has 1 atom stereocenters. The quantitative estimate of drug-likeness (QED) is 0.376. The van der Waals surface area contributed by atoms with Crippen molar-refractivity contribution in [2.75, 3.05) is 0 Å². The fourth-order valence-electron chi connectivity index (χ4n) is 2.88. The fourth-order valence-corrected chi connectivity index (χ4v) is 3.88. The molecule has 0 spiro atoms. The van der Waals surface area contributed by atoms with Gasteiger partial charge in [0.25, 0.3) is 0 Å². The molecule has 0 radical (unpaired) electrons. The van der Waals surface area contributed by atoms with Gasteiger partial charge in [-0.05, 0) is 41.0 Å². The summed E-state index contributed by atoms with van der Waals surface area (Å²) in [6.45, 7) is 4.90. The van der Waals surface area contributed by atoms with Crippen molar-refractivity contribution < 1.29 is 33.1 Å². The molecule has 3 rings (SSSR count). The van der Waals surface area contributed by atoms with Crippen LogP contribution in [0.2, 0.25) is 0 Å². The summed E-state index contributed by atoms with van der Waals surface area (Å²) in [6, 6.07) is 25.2. The number of carbonyl (C=O) groups excluding carboxylic acids is 1. The number of ether oxygens (including phenoxy) is 2. The van der Waals surface area contributed by atoms with Crippen molar-refractivity contribution >= 4 is 14.1 Å². The van der Waals surface area contributed by atoms with Crippen molar-refractivity contribution in [1.82, 2.24) is 0 Å². The maximum absolute atomic E-state index is 13.2. The van der Waals surface area contributed by atoms with Gasteiger partial charge in [0.1, 0.15) is 24.7 Å². The molecule has 5 heteroatoms. The summed E-state index contributed by atoms with van der Waals surface area (Å²) in [7, 11) is 0.808. The van der Waals surface area contributed by atoms with Crippen LogP contribution in [0.1, 0.15) is 41.8 Å². The molecule has 3 aromatic carbocycles. The topological polar surface area (TPSA) is 35.5 Å². The van der Waals surface area contributed by atoms with Gasteiger partial charge in [-0.25, -0.2) is 0 Å². The molecule has 150 valence electrons. The van der Waals surface area contributed by atoms with Crippen molar-refractivity contribution in [3.05, 3.63) is 95.6 Å². The zero-order chi connectivity index (χ0) is 20.5. The number of para-hydroxylation sites is 2. The largest absolute Gasteiger partial charge is 1.00 e. The minimum absolute atomic E-state index is 0. The number of rotatable bonds is 10. The monoisotopic (exact) mass is 412 g/mol. The average molecular weight is 412 g/mol. The number of hydrogen-bond acceptors (Lipinski definition) is 3. The first-order valence-electron chi connectivity index (χ1n) is 9.89. The first-order chi connectivity index (χ1) is 14.2. The Labute approximate surface area is 193 Å². The summed E-state index contributed by atoms with van der Waals surface area (Å²) < 4.78 is 11.9. The predicted octanol–water partition coefficient (Wildman–Crippen LogP) is 3.73. The minimum atomic E-state index is 0. The predicted molar refractivity (Wildman–Crippen MR) is 119 cm³/mol. The van der Waals surface area contributed by atoms with E-state index in [9.17, 15) is 4.79 Å². The van der Waals surface area contributed by atoms with Gasteiger partial charge in [-0.2, -0.15) is 5.66 Å². The summed E-state index contributed by atoms with van der Waals surface area (Å²) >= 11 is 0. The third kappa shape index (κ3) is 7.03. The van der Waals surface area contributed by atoms with Crippen LogP contribution in [-0.4, -0.2) is 11.2 Å². The SMILES string of the molecule is CCC(C)[P-]C(=O)c1c(COc2ccccc2)cccc1COc1ccccc1.[Li+]. The fraction of sp³-hybridized carbons (Fsp3) is 0.240. The van der Waals surface area contributed by atoms with Crippen molar-refractivity contribution in [3.8, 4) is 11.5 Å². The summed E-state index contributed by atoms with van der Waals surface area (Å²) in [5.74, 6) is 1.58. The van der Waals surface area contributed by atoms with E-state index in [1.54, 1.807) is 0 Å². The number of hydrogen-bond donors (Lipinski definition) is 0. The Morgan fingerprint density at radius 2 is 1.27 bits per heavy atom. The van der Waals surface area contributed by atoms with Crippen LogP contribution in [0, 0.1) is 0 Å². The van der Waals surface area contributed by atoms with Gasteiger partial charge in [0.05, 0.1) is 0 Å². The zero-order valence-electron chi connectivity index (χ0n) is 17.9. The second-order valence-electron chi connectivity index (χ2n) is 6.85. The molecule has 3 aromatic rings. The van der Waals surface area contributed by atoms with Crippen LogP contribution in [0.4, 0.5) is 0 Å². The van der Waals surface area contributed by atoms with Crippen molar-refractivity contribution in [3.63, 3.8) is 0 Å². The molecule has 30 heavy (non-hydrogen) atoms. The normalized spacial score (nSPS) is 11.7. The van der Waals surface area contributed by atoms with E-state index in [1.807, 2.05) is 78.9 Å². The van der Waals surface area contributed by atoms with Gasteiger partial charge >= 0.3 is 18.9 Å². The molecule has 0 amide bonds. The Morgan fingerprint density at radius 1 is 0.800 bits per heavy atom. The van der Waals surface area contributed by atoms with E-state index in [-0.39, 0.29) is 24.4 Å². The Morgan fingerprint density at radius 3 is 1.70 bits per heavy atom. The molecule has 0 aliphatic rings. The van der Waals surface area contributed by atoms with Gasteiger partial charge in [-0.1, -0.05) is 74.9 Å². The van der Waals surface area contributed by atoms with Crippen molar-refractivity contribution in [2.24, 2.45) is 0 Å². The molecule has 3 nitrogen and oxygen atoms in total. The molecule has 0 saturated heterocycles. The first kappa shape index (κ1) is 24.2. The van der Waals surface area contributed by atoms with Crippen molar-refractivity contribution in [2.45, 2.75) is 39.1 Å². The zero-order valence-corrected chi connectivity index (χ0v) is 18.8. The van der Waals surface area contributed by atoms with E-state index in [0.29, 0.717) is 18.9 Å². The number of benzene rings is 3. The molecular formula is C25H26LiO3P. The Kier molecular flexibility index (Phi) is 10.2. The van der Waals surface area contributed by atoms with Crippen LogP contribution in [0.25, 0.3) is 0 Å². The minimum Gasteiger partial charge on any atom is -0.489 e. The van der Waals surface area contributed by atoms with Crippen LogP contribution in [0.15, 0.2) is 78.9 Å². The Bertz CT molecular complexity index is 854. The van der Waals surface area contributed by atoms with E-state index in [4.69, 9.17) is 9.47 Å². The van der Waals surface area contributed by atoms with Crippen LogP contribution >= 0.6 is 8.58 Å². The molecular weight excluding hydrogens is 386 g/mol.